The molecule has 0 unspecified atom stereocenters. The molecule has 0 fully saturated rings. The second kappa shape index (κ2) is 6.65. The van der Waals surface area contributed by atoms with Crippen LogP contribution in [0.1, 0.15) is 23.9 Å². The molecule has 0 aliphatic rings. The first-order chi connectivity index (χ1) is 11.5. The first kappa shape index (κ1) is 16.5. The van der Waals surface area contributed by atoms with Gasteiger partial charge in [-0.25, -0.2) is 9.50 Å². The van der Waals surface area contributed by atoms with Crippen LogP contribution in [0.15, 0.2) is 35.4 Å². The van der Waals surface area contributed by atoms with Crippen molar-refractivity contribution in [3.05, 3.63) is 47.3 Å². The molecule has 0 atom stereocenters. The third-order valence-corrected chi connectivity index (χ3v) is 4.75. The van der Waals surface area contributed by atoms with Crippen LogP contribution in [0.25, 0.3) is 16.8 Å². The first-order valence-corrected chi connectivity index (χ1v) is 8.79. The highest BCUT2D eigenvalue weighted by atomic mass is 32.2. The fourth-order valence-corrected chi connectivity index (χ4v) is 3.43. The minimum atomic E-state index is -0.843. The second-order valence-corrected chi connectivity index (χ2v) is 6.69. The van der Waals surface area contributed by atoms with Gasteiger partial charge in [-0.05, 0) is 31.9 Å². The number of carbonyl (C=O) groups is 1. The molecule has 0 saturated carbocycles. The van der Waals surface area contributed by atoms with E-state index in [0.29, 0.717) is 0 Å². The van der Waals surface area contributed by atoms with Crippen molar-refractivity contribution in [1.29, 1.82) is 0 Å². The Morgan fingerprint density at radius 3 is 2.58 bits per heavy atom. The average Bonchev–Trinajstić information content (AvgIpc) is 2.91. The molecule has 24 heavy (non-hydrogen) atoms. The number of hydrogen-bond acceptors (Lipinski definition) is 4. The third kappa shape index (κ3) is 3.14. The Hall–Kier alpha value is -2.34. The zero-order valence-electron chi connectivity index (χ0n) is 13.9. The highest BCUT2D eigenvalue weighted by Gasteiger charge is 2.18. The minimum Gasteiger partial charge on any atom is -0.481 e. The highest BCUT2D eigenvalue weighted by molar-refractivity contribution is 7.99. The standard InChI is InChI=1S/C18H19N3O2S/c1-4-14-17(13-7-5-11(2)6-8-13)18-19-12(3)9-15(21(18)20-14)24-10-16(22)23/h5-9H,4,10H2,1-3H3,(H,22,23). The monoisotopic (exact) mass is 341 g/mol. The lowest BCUT2D eigenvalue weighted by molar-refractivity contribution is -0.133. The van der Waals surface area contributed by atoms with Gasteiger partial charge in [0.1, 0.15) is 5.03 Å². The summed E-state index contributed by atoms with van der Waals surface area (Å²) in [7, 11) is 0. The van der Waals surface area contributed by atoms with E-state index in [1.165, 1.54) is 17.3 Å². The number of carboxylic acid groups (broad SMARTS) is 1. The number of aryl methyl sites for hydroxylation is 3. The van der Waals surface area contributed by atoms with Crippen molar-refractivity contribution in [1.82, 2.24) is 14.6 Å². The van der Waals surface area contributed by atoms with E-state index in [1.54, 1.807) is 4.52 Å². The number of hydrogen-bond donors (Lipinski definition) is 1. The van der Waals surface area contributed by atoms with Crippen LogP contribution in [-0.4, -0.2) is 31.4 Å². The van der Waals surface area contributed by atoms with Crippen molar-refractivity contribution in [3.8, 4) is 11.1 Å². The number of thioether (sulfide) groups is 1. The molecular weight excluding hydrogens is 322 g/mol. The van der Waals surface area contributed by atoms with E-state index in [9.17, 15) is 4.79 Å². The summed E-state index contributed by atoms with van der Waals surface area (Å²) < 4.78 is 1.77. The molecule has 0 aliphatic heterocycles. The summed E-state index contributed by atoms with van der Waals surface area (Å²) in [5.41, 5.74) is 5.91. The molecule has 124 valence electrons. The smallest absolute Gasteiger partial charge is 0.313 e. The van der Waals surface area contributed by atoms with Gasteiger partial charge in [-0.1, -0.05) is 48.5 Å². The fourth-order valence-electron chi connectivity index (χ4n) is 2.65. The largest absolute Gasteiger partial charge is 0.481 e. The maximum absolute atomic E-state index is 10.9. The van der Waals surface area contributed by atoms with Crippen LogP contribution in [0.3, 0.4) is 0 Å². The Labute approximate surface area is 144 Å². The summed E-state index contributed by atoms with van der Waals surface area (Å²) in [4.78, 5) is 15.6. The summed E-state index contributed by atoms with van der Waals surface area (Å²) in [5.74, 6) is -0.844. The van der Waals surface area contributed by atoms with Gasteiger partial charge in [0.2, 0.25) is 0 Å². The topological polar surface area (TPSA) is 67.5 Å². The van der Waals surface area contributed by atoms with Crippen LogP contribution >= 0.6 is 11.8 Å². The average molecular weight is 341 g/mol. The van der Waals surface area contributed by atoms with E-state index in [1.807, 2.05) is 13.0 Å². The van der Waals surface area contributed by atoms with E-state index in [2.05, 4.69) is 48.2 Å². The Balaban J connectivity index is 2.21. The van der Waals surface area contributed by atoms with Gasteiger partial charge in [0.05, 0.1) is 11.4 Å². The Kier molecular flexibility index (Phi) is 4.57. The SMILES string of the molecule is CCc1nn2c(SCC(=O)O)cc(C)nc2c1-c1ccc(C)cc1. The molecule has 2 heterocycles. The van der Waals surface area contributed by atoms with Crippen molar-refractivity contribution < 1.29 is 9.90 Å². The number of carboxylic acids is 1. The zero-order valence-corrected chi connectivity index (χ0v) is 14.7. The molecule has 0 bridgehead atoms. The predicted octanol–water partition coefficient (Wildman–Crippen LogP) is 3.75. The zero-order chi connectivity index (χ0) is 17.3. The molecule has 0 radical (unpaired) electrons. The number of aliphatic carboxylic acids is 1. The Bertz CT molecular complexity index is 901. The molecule has 0 aliphatic carbocycles. The van der Waals surface area contributed by atoms with Crippen LogP contribution in [0.2, 0.25) is 0 Å². The first-order valence-electron chi connectivity index (χ1n) is 7.80. The number of fused-ring (bicyclic) bond motifs is 1. The van der Waals surface area contributed by atoms with Crippen LogP contribution in [-0.2, 0) is 11.2 Å². The molecule has 5 nitrogen and oxygen atoms in total. The number of rotatable bonds is 5. The van der Waals surface area contributed by atoms with E-state index in [0.717, 1.165) is 39.6 Å². The van der Waals surface area contributed by atoms with Crippen LogP contribution < -0.4 is 0 Å². The number of aromatic nitrogens is 3. The summed E-state index contributed by atoms with van der Waals surface area (Å²) >= 11 is 1.26. The maximum Gasteiger partial charge on any atom is 0.313 e. The molecule has 0 saturated heterocycles. The summed E-state index contributed by atoms with van der Waals surface area (Å²) in [6.45, 7) is 6.04. The van der Waals surface area contributed by atoms with Gasteiger partial charge in [-0.15, -0.1) is 0 Å². The highest BCUT2D eigenvalue weighted by Crippen LogP contribution is 2.31. The molecule has 2 aromatic heterocycles. The van der Waals surface area contributed by atoms with E-state index < -0.39 is 5.97 Å². The normalized spacial score (nSPS) is 11.1. The molecular formula is C18H19N3O2S. The van der Waals surface area contributed by atoms with Gasteiger partial charge in [0.15, 0.2) is 5.65 Å². The summed E-state index contributed by atoms with van der Waals surface area (Å²) in [6.07, 6.45) is 0.786. The molecule has 3 rings (SSSR count). The molecule has 6 heteroatoms. The van der Waals surface area contributed by atoms with Gasteiger partial charge in [-0.3, -0.25) is 4.79 Å². The second-order valence-electron chi connectivity index (χ2n) is 5.69. The van der Waals surface area contributed by atoms with Crippen molar-refractivity contribution in [3.63, 3.8) is 0 Å². The van der Waals surface area contributed by atoms with Crippen molar-refractivity contribution in [2.75, 3.05) is 5.75 Å². The lowest BCUT2D eigenvalue weighted by Gasteiger charge is -2.06. The van der Waals surface area contributed by atoms with Crippen LogP contribution in [0.4, 0.5) is 0 Å². The van der Waals surface area contributed by atoms with E-state index >= 15 is 0 Å². The maximum atomic E-state index is 10.9. The molecule has 1 aromatic carbocycles. The predicted molar refractivity (Wildman–Crippen MR) is 95.6 cm³/mol. The molecule has 1 N–H and O–H groups in total. The van der Waals surface area contributed by atoms with Gasteiger partial charge in [-0.2, -0.15) is 5.10 Å². The minimum absolute atomic E-state index is 0.000261. The fraction of sp³-hybridized carbons (Fsp3) is 0.278. The summed E-state index contributed by atoms with van der Waals surface area (Å²) in [6, 6.07) is 10.2. The molecule has 3 aromatic rings. The van der Waals surface area contributed by atoms with E-state index in [4.69, 9.17) is 5.11 Å². The third-order valence-electron chi connectivity index (χ3n) is 3.78. The molecule has 0 spiro atoms. The lowest BCUT2D eigenvalue weighted by atomic mass is 10.0. The van der Waals surface area contributed by atoms with Crippen LogP contribution in [0, 0.1) is 13.8 Å². The summed E-state index contributed by atoms with van der Waals surface area (Å²) in [5, 5.41) is 14.4. The Morgan fingerprint density at radius 2 is 1.96 bits per heavy atom. The lowest BCUT2D eigenvalue weighted by Crippen LogP contribution is -2.02. The van der Waals surface area contributed by atoms with Gasteiger partial charge in [0.25, 0.3) is 0 Å². The Morgan fingerprint density at radius 1 is 1.25 bits per heavy atom. The van der Waals surface area contributed by atoms with Crippen LogP contribution in [0.5, 0.6) is 0 Å². The quantitative estimate of drug-likeness (QED) is 0.565. The molecule has 0 amide bonds. The van der Waals surface area contributed by atoms with E-state index in [-0.39, 0.29) is 5.75 Å². The van der Waals surface area contributed by atoms with Crippen molar-refractivity contribution in [2.24, 2.45) is 0 Å². The van der Waals surface area contributed by atoms with Gasteiger partial charge >= 0.3 is 5.97 Å². The van der Waals surface area contributed by atoms with Gasteiger partial charge < -0.3 is 5.11 Å². The number of benzene rings is 1. The van der Waals surface area contributed by atoms with Crippen molar-refractivity contribution in [2.45, 2.75) is 32.2 Å². The van der Waals surface area contributed by atoms with Crippen molar-refractivity contribution >= 4 is 23.4 Å². The number of nitrogens with zero attached hydrogens (tertiary/aromatic N) is 3. The van der Waals surface area contributed by atoms with Gasteiger partial charge in [0, 0.05) is 11.3 Å².